The molecule has 0 atom stereocenters. The molecule has 0 amide bonds. The van der Waals surface area contributed by atoms with E-state index in [1.165, 1.54) is 16.0 Å². The molecule has 1 aliphatic rings. The first kappa shape index (κ1) is 17.9. The fourth-order valence-electron chi connectivity index (χ4n) is 2.86. The van der Waals surface area contributed by atoms with Crippen LogP contribution in [0, 0.1) is 0 Å². The van der Waals surface area contributed by atoms with Gasteiger partial charge in [0, 0.05) is 35.4 Å². The Morgan fingerprint density at radius 3 is 2.32 bits per heavy atom. The third-order valence-corrected chi connectivity index (χ3v) is 7.12. The summed E-state index contributed by atoms with van der Waals surface area (Å²) < 4.78 is 24.7. The van der Waals surface area contributed by atoms with Crippen molar-refractivity contribution < 1.29 is 8.42 Å². The zero-order chi connectivity index (χ0) is 16.5. The fraction of sp³-hybridized carbons (Fsp3) is 0.750. The molecule has 0 radical (unpaired) electrons. The quantitative estimate of drug-likeness (QED) is 0.843. The van der Waals surface area contributed by atoms with Crippen molar-refractivity contribution in [3.05, 3.63) is 21.9 Å². The Morgan fingerprint density at radius 2 is 1.86 bits per heavy atom. The van der Waals surface area contributed by atoms with Crippen LogP contribution in [-0.4, -0.2) is 50.1 Å². The summed E-state index contributed by atoms with van der Waals surface area (Å²) in [6, 6.07) is 4.94. The Balaban J connectivity index is 1.91. The molecule has 1 aromatic heterocycles. The maximum atomic E-state index is 11.6. The average molecular weight is 345 g/mol. The highest BCUT2D eigenvalue weighted by molar-refractivity contribution is 7.88. The zero-order valence-corrected chi connectivity index (χ0v) is 15.9. The number of hydrogen-bond acceptors (Lipinski definition) is 4. The van der Waals surface area contributed by atoms with Crippen molar-refractivity contribution in [3.63, 3.8) is 0 Å². The van der Waals surface area contributed by atoms with E-state index in [9.17, 15) is 8.42 Å². The molecule has 1 aliphatic heterocycles. The molecule has 4 nitrogen and oxygen atoms in total. The number of nitrogens with zero attached hydrogens (tertiary/aromatic N) is 2. The largest absolute Gasteiger partial charge is 0.298 e. The van der Waals surface area contributed by atoms with Gasteiger partial charge in [-0.15, -0.1) is 11.3 Å². The molecule has 1 saturated heterocycles. The molecular formula is C16H28N2O2S2. The van der Waals surface area contributed by atoms with Crippen LogP contribution in [-0.2, 0) is 22.0 Å². The molecular weight excluding hydrogens is 316 g/mol. The molecule has 0 aromatic carbocycles. The fourth-order valence-corrected chi connectivity index (χ4v) is 4.86. The van der Waals surface area contributed by atoms with Gasteiger partial charge in [-0.2, -0.15) is 0 Å². The number of sulfonamides is 1. The summed E-state index contributed by atoms with van der Waals surface area (Å²) in [6.45, 7) is 8.97. The molecule has 0 saturated carbocycles. The van der Waals surface area contributed by atoms with E-state index in [-0.39, 0.29) is 5.41 Å². The highest BCUT2D eigenvalue weighted by atomic mass is 32.2. The molecule has 0 spiro atoms. The molecule has 1 aromatic rings. The van der Waals surface area contributed by atoms with Gasteiger partial charge in [0.1, 0.15) is 0 Å². The van der Waals surface area contributed by atoms with Gasteiger partial charge >= 0.3 is 0 Å². The van der Waals surface area contributed by atoms with E-state index in [1.807, 2.05) is 11.3 Å². The Morgan fingerprint density at radius 1 is 1.27 bits per heavy atom. The van der Waals surface area contributed by atoms with Crippen molar-refractivity contribution in [2.75, 3.05) is 26.4 Å². The number of piperidine rings is 1. The van der Waals surface area contributed by atoms with Crippen LogP contribution in [0.1, 0.15) is 43.4 Å². The third-order valence-electron chi connectivity index (χ3n) is 4.32. The summed E-state index contributed by atoms with van der Waals surface area (Å²) in [7, 11) is -0.880. The smallest absolute Gasteiger partial charge is 0.211 e. The first-order valence-corrected chi connectivity index (χ1v) is 10.5. The van der Waals surface area contributed by atoms with Crippen LogP contribution in [0.4, 0.5) is 0 Å². The van der Waals surface area contributed by atoms with Crippen LogP contribution in [0.25, 0.3) is 0 Å². The zero-order valence-electron chi connectivity index (χ0n) is 14.3. The van der Waals surface area contributed by atoms with Crippen molar-refractivity contribution in [2.24, 2.45) is 0 Å². The van der Waals surface area contributed by atoms with Crippen LogP contribution in [0.5, 0.6) is 0 Å². The number of rotatable bonds is 4. The van der Waals surface area contributed by atoms with Crippen molar-refractivity contribution in [1.82, 2.24) is 9.21 Å². The molecule has 126 valence electrons. The summed E-state index contributed by atoms with van der Waals surface area (Å²) in [4.78, 5) is 5.18. The molecule has 2 rings (SSSR count). The lowest BCUT2D eigenvalue weighted by atomic mass is 9.95. The van der Waals surface area contributed by atoms with Crippen molar-refractivity contribution in [3.8, 4) is 0 Å². The van der Waals surface area contributed by atoms with Gasteiger partial charge in [0.05, 0.1) is 6.26 Å². The monoisotopic (exact) mass is 344 g/mol. The highest BCUT2D eigenvalue weighted by Crippen LogP contribution is 2.30. The van der Waals surface area contributed by atoms with E-state index in [0.29, 0.717) is 19.1 Å². The second-order valence-electron chi connectivity index (χ2n) is 7.32. The van der Waals surface area contributed by atoms with Gasteiger partial charge in [0.15, 0.2) is 0 Å². The minimum Gasteiger partial charge on any atom is -0.298 e. The van der Waals surface area contributed by atoms with E-state index in [4.69, 9.17) is 0 Å². The molecule has 6 heteroatoms. The Hall–Kier alpha value is -0.430. The Labute approximate surface area is 139 Å². The Kier molecular flexibility index (Phi) is 5.37. The number of thiophene rings is 1. The van der Waals surface area contributed by atoms with Crippen LogP contribution in [0.3, 0.4) is 0 Å². The van der Waals surface area contributed by atoms with Crippen LogP contribution >= 0.6 is 11.3 Å². The lowest BCUT2D eigenvalue weighted by Crippen LogP contribution is -2.44. The minimum atomic E-state index is -3.03. The van der Waals surface area contributed by atoms with E-state index in [0.717, 1.165) is 19.4 Å². The summed E-state index contributed by atoms with van der Waals surface area (Å²) in [5.41, 5.74) is 0.211. The van der Waals surface area contributed by atoms with Gasteiger partial charge in [-0.1, -0.05) is 20.8 Å². The van der Waals surface area contributed by atoms with Gasteiger partial charge in [-0.25, -0.2) is 12.7 Å². The second-order valence-corrected chi connectivity index (χ2v) is 10.5. The van der Waals surface area contributed by atoms with Gasteiger partial charge in [0.25, 0.3) is 0 Å². The molecule has 2 heterocycles. The van der Waals surface area contributed by atoms with Crippen LogP contribution < -0.4 is 0 Å². The highest BCUT2D eigenvalue weighted by Gasteiger charge is 2.27. The van der Waals surface area contributed by atoms with Gasteiger partial charge in [0.2, 0.25) is 10.0 Å². The second kappa shape index (κ2) is 6.59. The summed E-state index contributed by atoms with van der Waals surface area (Å²) in [5.74, 6) is 0. The van der Waals surface area contributed by atoms with Crippen molar-refractivity contribution in [2.45, 2.75) is 51.6 Å². The SMILES string of the molecule is CN(Cc1ccc(C(C)(C)C)s1)C1CCN(S(C)(=O)=O)CC1. The van der Waals surface area contributed by atoms with Crippen LogP contribution in [0.2, 0.25) is 0 Å². The lowest BCUT2D eigenvalue weighted by Gasteiger charge is -2.35. The van der Waals surface area contributed by atoms with Gasteiger partial charge < -0.3 is 0 Å². The molecule has 0 bridgehead atoms. The normalized spacial score (nSPS) is 19.0. The first-order valence-electron chi connectivity index (χ1n) is 7.82. The molecule has 0 N–H and O–H groups in total. The maximum absolute atomic E-state index is 11.6. The van der Waals surface area contributed by atoms with E-state index in [2.05, 4.69) is 44.9 Å². The molecule has 1 fully saturated rings. The van der Waals surface area contributed by atoms with E-state index < -0.39 is 10.0 Å². The first-order chi connectivity index (χ1) is 10.1. The Bertz CT molecular complexity index is 594. The molecule has 22 heavy (non-hydrogen) atoms. The maximum Gasteiger partial charge on any atom is 0.211 e. The summed E-state index contributed by atoms with van der Waals surface area (Å²) in [5, 5.41) is 0. The standard InChI is InChI=1S/C16H28N2O2S2/c1-16(2,3)15-7-6-14(21-15)12-17(4)13-8-10-18(11-9-13)22(5,19)20/h6-7,13H,8-12H2,1-5H3. The molecule has 0 aliphatic carbocycles. The lowest BCUT2D eigenvalue weighted by molar-refractivity contribution is 0.163. The predicted molar refractivity (Wildman–Crippen MR) is 93.9 cm³/mol. The van der Waals surface area contributed by atoms with Crippen molar-refractivity contribution in [1.29, 1.82) is 0 Å². The van der Waals surface area contributed by atoms with Crippen molar-refractivity contribution >= 4 is 21.4 Å². The summed E-state index contributed by atoms with van der Waals surface area (Å²) >= 11 is 1.89. The predicted octanol–water partition coefficient (Wildman–Crippen LogP) is 2.90. The minimum absolute atomic E-state index is 0.211. The van der Waals surface area contributed by atoms with E-state index in [1.54, 1.807) is 4.31 Å². The van der Waals surface area contributed by atoms with Crippen LogP contribution in [0.15, 0.2) is 12.1 Å². The van der Waals surface area contributed by atoms with E-state index >= 15 is 0 Å². The van der Waals surface area contributed by atoms with Gasteiger partial charge in [-0.05, 0) is 37.4 Å². The van der Waals surface area contributed by atoms with Gasteiger partial charge in [-0.3, -0.25) is 4.90 Å². The number of hydrogen-bond donors (Lipinski definition) is 0. The molecule has 0 unspecified atom stereocenters. The third kappa shape index (κ3) is 4.54. The average Bonchev–Trinajstić information content (AvgIpc) is 2.86. The summed E-state index contributed by atoms with van der Waals surface area (Å²) in [6.07, 6.45) is 3.14. The topological polar surface area (TPSA) is 40.6 Å².